The largest absolute Gasteiger partial charge is 0.479 e. The highest BCUT2D eigenvalue weighted by Gasteiger charge is 2.34. The Bertz CT molecular complexity index is 785. The van der Waals surface area contributed by atoms with Crippen molar-refractivity contribution in [1.82, 2.24) is 9.78 Å². The van der Waals surface area contributed by atoms with Crippen LogP contribution in [0.5, 0.6) is 0 Å². The molecular weight excluding hydrogens is 334 g/mol. The lowest BCUT2D eigenvalue weighted by molar-refractivity contribution is -0.146. The molecule has 2 atom stereocenters. The molecule has 1 aliphatic rings. The number of amides is 1. The van der Waals surface area contributed by atoms with Crippen molar-refractivity contribution in [2.75, 3.05) is 11.9 Å². The summed E-state index contributed by atoms with van der Waals surface area (Å²) in [6, 6.07) is 9.72. The lowest BCUT2D eigenvalue weighted by Gasteiger charge is -2.31. The van der Waals surface area contributed by atoms with E-state index in [9.17, 15) is 14.7 Å². The average Bonchev–Trinajstić information content (AvgIpc) is 3.11. The third kappa shape index (κ3) is 3.62. The Labute approximate surface area is 152 Å². The van der Waals surface area contributed by atoms with Crippen LogP contribution >= 0.6 is 0 Å². The Morgan fingerprint density at radius 3 is 2.73 bits per heavy atom. The Morgan fingerprint density at radius 2 is 2.04 bits per heavy atom. The van der Waals surface area contributed by atoms with Gasteiger partial charge in [-0.05, 0) is 32.3 Å². The normalized spacial score (nSPS) is 20.5. The van der Waals surface area contributed by atoms with E-state index in [1.165, 1.54) is 17.1 Å². The summed E-state index contributed by atoms with van der Waals surface area (Å²) >= 11 is 0. The second-order valence-corrected chi connectivity index (χ2v) is 6.98. The van der Waals surface area contributed by atoms with Gasteiger partial charge in [0, 0.05) is 12.8 Å². The summed E-state index contributed by atoms with van der Waals surface area (Å²) in [6.45, 7) is 3.73. The summed E-state index contributed by atoms with van der Waals surface area (Å²) in [6.07, 6.45) is 4.28. The summed E-state index contributed by atoms with van der Waals surface area (Å²) < 4.78 is 7.20. The van der Waals surface area contributed by atoms with Crippen molar-refractivity contribution in [2.24, 2.45) is 5.92 Å². The topological polar surface area (TPSA) is 93.5 Å². The lowest BCUT2D eigenvalue weighted by atomic mass is 9.88. The van der Waals surface area contributed by atoms with Crippen LogP contribution in [0.4, 0.5) is 5.69 Å². The molecule has 2 unspecified atom stereocenters. The molecule has 0 radical (unpaired) electrons. The molecule has 138 valence electrons. The van der Waals surface area contributed by atoms with E-state index < -0.39 is 11.5 Å². The molecule has 0 aliphatic carbocycles. The van der Waals surface area contributed by atoms with Crippen LogP contribution in [0, 0.1) is 5.92 Å². The first-order valence-corrected chi connectivity index (χ1v) is 8.65. The van der Waals surface area contributed by atoms with Gasteiger partial charge < -0.3 is 15.2 Å². The fourth-order valence-electron chi connectivity index (χ4n) is 3.05. The van der Waals surface area contributed by atoms with E-state index in [0.717, 1.165) is 18.4 Å². The molecule has 1 amide bonds. The molecule has 1 aromatic heterocycles. The molecule has 1 saturated heterocycles. The molecule has 1 aliphatic heterocycles. The maximum atomic E-state index is 12.8. The van der Waals surface area contributed by atoms with Gasteiger partial charge >= 0.3 is 5.97 Å². The van der Waals surface area contributed by atoms with E-state index >= 15 is 0 Å². The number of rotatable bonds is 5. The number of anilines is 1. The van der Waals surface area contributed by atoms with Crippen molar-refractivity contribution in [3.8, 4) is 0 Å². The number of carboxylic acid groups (broad SMARTS) is 1. The zero-order valence-electron chi connectivity index (χ0n) is 14.9. The summed E-state index contributed by atoms with van der Waals surface area (Å²) in [5.74, 6) is -1.45. The maximum absolute atomic E-state index is 12.8. The Hall–Kier alpha value is -2.67. The van der Waals surface area contributed by atoms with Crippen LogP contribution in [0.1, 0.15) is 38.4 Å². The SMILES string of the molecule is CC(C)(C(=O)O)n1cc(NC(=O)C2CCCOC2c2ccccc2)cn1. The molecule has 3 rings (SSSR count). The molecule has 2 N–H and O–H groups in total. The average molecular weight is 357 g/mol. The van der Waals surface area contributed by atoms with Crippen LogP contribution in [0.15, 0.2) is 42.7 Å². The number of carbonyl (C=O) groups is 2. The summed E-state index contributed by atoms with van der Waals surface area (Å²) in [7, 11) is 0. The number of ether oxygens (including phenoxy) is 1. The van der Waals surface area contributed by atoms with Crippen molar-refractivity contribution in [2.45, 2.75) is 38.3 Å². The quantitative estimate of drug-likeness (QED) is 0.858. The molecule has 0 saturated carbocycles. The number of aromatic nitrogens is 2. The van der Waals surface area contributed by atoms with Crippen LogP contribution < -0.4 is 5.32 Å². The molecule has 0 spiro atoms. The molecule has 7 nitrogen and oxygen atoms in total. The van der Waals surface area contributed by atoms with Crippen molar-refractivity contribution >= 4 is 17.6 Å². The number of hydrogen-bond acceptors (Lipinski definition) is 4. The molecule has 7 heteroatoms. The minimum absolute atomic E-state index is 0.147. The van der Waals surface area contributed by atoms with E-state index in [4.69, 9.17) is 4.74 Å². The molecule has 2 aromatic rings. The van der Waals surface area contributed by atoms with E-state index in [1.807, 2.05) is 30.3 Å². The summed E-state index contributed by atoms with van der Waals surface area (Å²) in [4.78, 5) is 24.1. The van der Waals surface area contributed by atoms with Gasteiger partial charge in [-0.15, -0.1) is 0 Å². The van der Waals surface area contributed by atoms with E-state index in [0.29, 0.717) is 12.3 Å². The predicted octanol–water partition coefficient (Wildman–Crippen LogP) is 2.81. The monoisotopic (exact) mass is 357 g/mol. The van der Waals surface area contributed by atoms with Crippen molar-refractivity contribution in [3.63, 3.8) is 0 Å². The van der Waals surface area contributed by atoms with Gasteiger partial charge in [-0.3, -0.25) is 9.48 Å². The second kappa shape index (κ2) is 7.29. The van der Waals surface area contributed by atoms with Gasteiger partial charge in [-0.25, -0.2) is 4.79 Å². The molecule has 0 bridgehead atoms. The fraction of sp³-hybridized carbons (Fsp3) is 0.421. The van der Waals surface area contributed by atoms with Gasteiger partial charge in [-0.1, -0.05) is 30.3 Å². The van der Waals surface area contributed by atoms with Gasteiger partial charge in [0.05, 0.1) is 23.9 Å². The minimum atomic E-state index is -1.19. The molecule has 26 heavy (non-hydrogen) atoms. The predicted molar refractivity (Wildman–Crippen MR) is 95.7 cm³/mol. The number of benzene rings is 1. The third-order valence-corrected chi connectivity index (χ3v) is 4.73. The zero-order valence-corrected chi connectivity index (χ0v) is 14.9. The third-order valence-electron chi connectivity index (χ3n) is 4.73. The number of carboxylic acids is 1. The summed E-state index contributed by atoms with van der Waals surface area (Å²) in [5, 5.41) is 16.2. The summed E-state index contributed by atoms with van der Waals surface area (Å²) in [5.41, 5.74) is 0.264. The standard InChI is InChI=1S/C19H23N3O4/c1-19(2,18(24)25)22-12-14(11-20-22)21-17(23)15-9-6-10-26-16(15)13-7-4-3-5-8-13/h3-5,7-8,11-12,15-16H,6,9-10H2,1-2H3,(H,21,23)(H,24,25). The fourth-order valence-corrected chi connectivity index (χ4v) is 3.05. The highest BCUT2D eigenvalue weighted by molar-refractivity contribution is 5.93. The van der Waals surface area contributed by atoms with Crippen LogP contribution in [0.25, 0.3) is 0 Å². The van der Waals surface area contributed by atoms with Gasteiger partial charge in [0.2, 0.25) is 5.91 Å². The lowest BCUT2D eigenvalue weighted by Crippen LogP contribution is -2.36. The highest BCUT2D eigenvalue weighted by Crippen LogP contribution is 2.34. The van der Waals surface area contributed by atoms with Crippen LogP contribution in [-0.2, 0) is 19.9 Å². The molecule has 1 aromatic carbocycles. The molecule has 1 fully saturated rings. The zero-order chi connectivity index (χ0) is 18.7. The number of aliphatic carboxylic acids is 1. The van der Waals surface area contributed by atoms with E-state index in [2.05, 4.69) is 10.4 Å². The van der Waals surface area contributed by atoms with Crippen LogP contribution in [0.2, 0.25) is 0 Å². The number of nitrogens with zero attached hydrogens (tertiary/aromatic N) is 2. The van der Waals surface area contributed by atoms with Crippen molar-refractivity contribution < 1.29 is 19.4 Å². The van der Waals surface area contributed by atoms with Crippen LogP contribution in [0.3, 0.4) is 0 Å². The van der Waals surface area contributed by atoms with Gasteiger partial charge in [0.1, 0.15) is 0 Å². The number of carbonyl (C=O) groups excluding carboxylic acids is 1. The van der Waals surface area contributed by atoms with Gasteiger partial charge in [0.15, 0.2) is 5.54 Å². The molecular formula is C19H23N3O4. The Kier molecular flexibility index (Phi) is 5.08. The second-order valence-electron chi connectivity index (χ2n) is 6.98. The number of hydrogen-bond donors (Lipinski definition) is 2. The van der Waals surface area contributed by atoms with Crippen molar-refractivity contribution in [3.05, 3.63) is 48.3 Å². The van der Waals surface area contributed by atoms with E-state index in [-0.39, 0.29) is 17.9 Å². The maximum Gasteiger partial charge on any atom is 0.331 e. The van der Waals surface area contributed by atoms with E-state index in [1.54, 1.807) is 13.8 Å². The molecule has 2 heterocycles. The first-order valence-electron chi connectivity index (χ1n) is 8.65. The Balaban J connectivity index is 1.75. The van der Waals surface area contributed by atoms with Gasteiger partial charge in [-0.2, -0.15) is 5.10 Å². The first kappa shape index (κ1) is 18.1. The smallest absolute Gasteiger partial charge is 0.331 e. The Morgan fingerprint density at radius 1 is 1.31 bits per heavy atom. The minimum Gasteiger partial charge on any atom is -0.479 e. The first-order chi connectivity index (χ1) is 12.4. The number of nitrogens with one attached hydrogen (secondary N) is 1. The van der Waals surface area contributed by atoms with Gasteiger partial charge in [0.25, 0.3) is 0 Å². The highest BCUT2D eigenvalue weighted by atomic mass is 16.5. The van der Waals surface area contributed by atoms with Crippen LogP contribution in [-0.4, -0.2) is 33.4 Å². The van der Waals surface area contributed by atoms with Crippen molar-refractivity contribution in [1.29, 1.82) is 0 Å².